The lowest BCUT2D eigenvalue weighted by atomic mass is 10.0. The standard InChI is InChI=1S/C26H43N3O6/c1-7-29(8-2)16-10-9-15-27-24(30)34-23-21(17-19-11-13-20(32-6)14-12-19)28-18-22(23)33-25(31)35-26(3,4)5/h11-14,21-23,28H,7-10,15-18H2,1-6H3,(H,27,30)/t21-,22+,23+/m1/s1. The van der Waals surface area contributed by atoms with Crippen molar-refractivity contribution in [1.82, 2.24) is 15.5 Å². The van der Waals surface area contributed by atoms with Crippen molar-refractivity contribution in [1.29, 1.82) is 0 Å². The van der Waals surface area contributed by atoms with Crippen molar-refractivity contribution in [3.8, 4) is 5.75 Å². The highest BCUT2D eigenvalue weighted by molar-refractivity contribution is 5.67. The van der Waals surface area contributed by atoms with Crippen molar-refractivity contribution in [2.24, 2.45) is 0 Å². The zero-order valence-electron chi connectivity index (χ0n) is 22.1. The third-order valence-corrected chi connectivity index (χ3v) is 5.90. The van der Waals surface area contributed by atoms with Crippen LogP contribution in [0.25, 0.3) is 0 Å². The third-order valence-electron chi connectivity index (χ3n) is 5.90. The Morgan fingerprint density at radius 3 is 2.37 bits per heavy atom. The molecule has 9 heteroatoms. The summed E-state index contributed by atoms with van der Waals surface area (Å²) in [6, 6.07) is 7.49. The maximum Gasteiger partial charge on any atom is 0.509 e. The molecule has 1 heterocycles. The highest BCUT2D eigenvalue weighted by Gasteiger charge is 2.42. The molecule has 1 aromatic rings. The van der Waals surface area contributed by atoms with Gasteiger partial charge in [-0.1, -0.05) is 26.0 Å². The number of benzene rings is 1. The van der Waals surface area contributed by atoms with Crippen molar-refractivity contribution in [3.05, 3.63) is 29.8 Å². The van der Waals surface area contributed by atoms with Crippen molar-refractivity contribution < 1.29 is 28.5 Å². The number of carbonyl (C=O) groups is 2. The first-order chi connectivity index (χ1) is 16.6. The van der Waals surface area contributed by atoms with Gasteiger partial charge in [0.05, 0.1) is 13.2 Å². The first-order valence-electron chi connectivity index (χ1n) is 12.6. The summed E-state index contributed by atoms with van der Waals surface area (Å²) in [5.74, 6) is 0.771. The molecule has 2 N–H and O–H groups in total. The minimum absolute atomic E-state index is 0.218. The topological polar surface area (TPSA) is 98.4 Å². The molecule has 0 aliphatic carbocycles. The van der Waals surface area contributed by atoms with E-state index in [2.05, 4.69) is 29.4 Å². The van der Waals surface area contributed by atoms with Gasteiger partial charge in [0.25, 0.3) is 0 Å². The van der Waals surface area contributed by atoms with Crippen molar-refractivity contribution in [2.75, 3.05) is 39.8 Å². The average Bonchev–Trinajstić information content (AvgIpc) is 3.15. The van der Waals surface area contributed by atoms with E-state index in [1.165, 1.54) is 0 Å². The van der Waals surface area contributed by atoms with Gasteiger partial charge >= 0.3 is 12.2 Å². The van der Waals surface area contributed by atoms with Gasteiger partial charge in [0.2, 0.25) is 0 Å². The molecular weight excluding hydrogens is 450 g/mol. The summed E-state index contributed by atoms with van der Waals surface area (Å²) in [6.07, 6.45) is -0.139. The lowest BCUT2D eigenvalue weighted by Gasteiger charge is -2.26. The second kappa shape index (κ2) is 14.1. The molecule has 0 spiro atoms. The smallest absolute Gasteiger partial charge is 0.497 e. The summed E-state index contributed by atoms with van der Waals surface area (Å²) >= 11 is 0. The lowest BCUT2D eigenvalue weighted by Crippen LogP contribution is -2.43. The lowest BCUT2D eigenvalue weighted by molar-refractivity contribution is -0.0517. The molecule has 1 amide bonds. The SMILES string of the molecule is CCN(CC)CCCCNC(=O)O[C@@H]1[C@@H](OC(=O)OC(C)(C)C)CN[C@@H]1Cc1ccc(OC)cc1. The van der Waals surface area contributed by atoms with E-state index in [1.54, 1.807) is 27.9 Å². The fraction of sp³-hybridized carbons (Fsp3) is 0.692. The number of rotatable bonds is 12. The minimum atomic E-state index is -0.778. The van der Waals surface area contributed by atoms with Crippen molar-refractivity contribution in [3.63, 3.8) is 0 Å². The van der Waals surface area contributed by atoms with Crippen LogP contribution in [-0.4, -0.2) is 80.8 Å². The van der Waals surface area contributed by atoms with Crippen LogP contribution in [0.4, 0.5) is 9.59 Å². The Morgan fingerprint density at radius 2 is 1.77 bits per heavy atom. The molecule has 9 nitrogen and oxygen atoms in total. The van der Waals surface area contributed by atoms with Gasteiger partial charge in [0, 0.05) is 13.1 Å². The molecule has 0 radical (unpaired) electrons. The summed E-state index contributed by atoms with van der Waals surface area (Å²) in [4.78, 5) is 27.2. The number of amides is 1. The quantitative estimate of drug-likeness (QED) is 0.336. The summed E-state index contributed by atoms with van der Waals surface area (Å²) in [7, 11) is 1.62. The predicted octanol–water partition coefficient (Wildman–Crippen LogP) is 3.75. The molecule has 1 aliphatic heterocycles. The molecule has 1 saturated heterocycles. The highest BCUT2D eigenvalue weighted by Crippen LogP contribution is 2.22. The molecule has 0 bridgehead atoms. The van der Waals surface area contributed by atoms with Crippen LogP contribution < -0.4 is 15.4 Å². The number of hydrogen-bond acceptors (Lipinski definition) is 8. The van der Waals surface area contributed by atoms with Gasteiger partial charge in [-0.2, -0.15) is 0 Å². The van der Waals surface area contributed by atoms with Gasteiger partial charge in [0.15, 0.2) is 12.2 Å². The number of methoxy groups -OCH3 is 1. The van der Waals surface area contributed by atoms with Crippen LogP contribution >= 0.6 is 0 Å². The highest BCUT2D eigenvalue weighted by atomic mass is 16.7. The molecule has 0 aromatic heterocycles. The number of ether oxygens (including phenoxy) is 4. The predicted molar refractivity (Wildman–Crippen MR) is 135 cm³/mol. The van der Waals surface area contributed by atoms with Gasteiger partial charge in [0.1, 0.15) is 11.4 Å². The van der Waals surface area contributed by atoms with Crippen LogP contribution in [0, 0.1) is 0 Å². The normalized spacial score (nSPS) is 19.9. The van der Waals surface area contributed by atoms with Crippen LogP contribution in [0.1, 0.15) is 53.0 Å². The van der Waals surface area contributed by atoms with Crippen LogP contribution in [0.15, 0.2) is 24.3 Å². The largest absolute Gasteiger partial charge is 0.509 e. The number of alkyl carbamates (subject to hydrolysis) is 1. The van der Waals surface area contributed by atoms with E-state index in [0.717, 1.165) is 43.8 Å². The Morgan fingerprint density at radius 1 is 1.09 bits per heavy atom. The first kappa shape index (κ1) is 28.7. The summed E-state index contributed by atoms with van der Waals surface area (Å²) in [6.45, 7) is 13.6. The summed E-state index contributed by atoms with van der Waals surface area (Å²) in [5.41, 5.74) is 0.372. The van der Waals surface area contributed by atoms with Gasteiger partial charge in [-0.15, -0.1) is 0 Å². The molecular formula is C26H43N3O6. The second-order valence-electron chi connectivity index (χ2n) is 9.72. The summed E-state index contributed by atoms with van der Waals surface area (Å²) < 4.78 is 21.8. The van der Waals surface area contributed by atoms with Crippen LogP contribution in [-0.2, 0) is 20.6 Å². The maximum absolute atomic E-state index is 12.6. The fourth-order valence-electron chi connectivity index (χ4n) is 3.98. The zero-order chi connectivity index (χ0) is 25.8. The molecule has 35 heavy (non-hydrogen) atoms. The van der Waals surface area contributed by atoms with E-state index < -0.39 is 30.1 Å². The molecule has 198 valence electrons. The van der Waals surface area contributed by atoms with Crippen molar-refractivity contribution >= 4 is 12.2 Å². The molecule has 2 rings (SSSR count). The maximum atomic E-state index is 12.6. The molecule has 0 saturated carbocycles. The molecule has 1 aromatic carbocycles. The number of nitrogens with one attached hydrogen (secondary N) is 2. The van der Waals surface area contributed by atoms with E-state index >= 15 is 0 Å². The van der Waals surface area contributed by atoms with Gasteiger partial charge in [-0.3, -0.25) is 0 Å². The summed E-state index contributed by atoms with van der Waals surface area (Å²) in [5, 5.41) is 6.17. The monoisotopic (exact) mass is 493 g/mol. The van der Waals surface area contributed by atoms with Gasteiger partial charge < -0.3 is 34.5 Å². The van der Waals surface area contributed by atoms with Gasteiger partial charge in [-0.25, -0.2) is 9.59 Å². The van der Waals surface area contributed by atoms with Gasteiger partial charge in [-0.05, 0) is 77.4 Å². The fourth-order valence-corrected chi connectivity index (χ4v) is 3.98. The zero-order valence-corrected chi connectivity index (χ0v) is 22.1. The molecule has 3 atom stereocenters. The molecule has 1 aliphatic rings. The number of carbonyl (C=O) groups excluding carboxylic acids is 2. The minimum Gasteiger partial charge on any atom is -0.497 e. The number of hydrogen-bond donors (Lipinski definition) is 2. The molecule has 1 fully saturated rings. The number of unbranched alkanes of at least 4 members (excludes halogenated alkanes) is 1. The average molecular weight is 494 g/mol. The van der Waals surface area contributed by atoms with Crippen LogP contribution in [0.2, 0.25) is 0 Å². The first-order valence-corrected chi connectivity index (χ1v) is 12.6. The Labute approximate surface area is 209 Å². The third kappa shape index (κ3) is 10.3. The van der Waals surface area contributed by atoms with Crippen LogP contribution in [0.5, 0.6) is 5.75 Å². The van der Waals surface area contributed by atoms with Crippen molar-refractivity contribution in [2.45, 2.75) is 77.7 Å². The van der Waals surface area contributed by atoms with E-state index in [-0.39, 0.29) is 6.04 Å². The van der Waals surface area contributed by atoms with E-state index in [9.17, 15) is 9.59 Å². The van der Waals surface area contributed by atoms with E-state index in [1.807, 2.05) is 24.3 Å². The second-order valence-corrected chi connectivity index (χ2v) is 9.72. The van der Waals surface area contributed by atoms with E-state index in [4.69, 9.17) is 18.9 Å². The van der Waals surface area contributed by atoms with E-state index in [0.29, 0.717) is 19.5 Å². The Bertz CT molecular complexity index is 776. The Balaban J connectivity index is 1.96. The Hall–Kier alpha value is -2.52. The molecule has 0 unspecified atom stereocenters. The van der Waals surface area contributed by atoms with Crippen LogP contribution in [0.3, 0.4) is 0 Å². The number of nitrogens with zero attached hydrogens (tertiary/aromatic N) is 1. The Kier molecular flexibility index (Phi) is 11.6.